The van der Waals surface area contributed by atoms with Crippen LogP contribution in [0, 0.1) is 5.82 Å². The Labute approximate surface area is 159 Å². The highest BCUT2D eigenvalue weighted by atomic mass is 19.1. The van der Waals surface area contributed by atoms with Gasteiger partial charge in [0.1, 0.15) is 11.6 Å². The molecule has 27 heavy (non-hydrogen) atoms. The van der Waals surface area contributed by atoms with E-state index in [1.54, 1.807) is 7.11 Å². The summed E-state index contributed by atoms with van der Waals surface area (Å²) in [6.07, 6.45) is 2.24. The minimum Gasteiger partial charge on any atom is -0.497 e. The van der Waals surface area contributed by atoms with Crippen LogP contribution in [0.3, 0.4) is 0 Å². The van der Waals surface area contributed by atoms with E-state index < -0.39 is 0 Å². The van der Waals surface area contributed by atoms with Crippen LogP contribution in [0.1, 0.15) is 11.1 Å². The molecule has 2 aromatic carbocycles. The molecular weight excluding hydrogens is 341 g/mol. The molecule has 0 spiro atoms. The maximum atomic E-state index is 13.2. The third kappa shape index (κ3) is 3.99. The summed E-state index contributed by atoms with van der Waals surface area (Å²) in [5.74, 6) is 0.679. The van der Waals surface area contributed by atoms with E-state index in [0.717, 1.165) is 50.6 Å². The minimum absolute atomic E-state index is 0.198. The molecule has 1 saturated heterocycles. The molecule has 0 unspecified atom stereocenters. The largest absolute Gasteiger partial charge is 0.497 e. The molecule has 1 aromatic heterocycles. The second-order valence-electron chi connectivity index (χ2n) is 7.37. The van der Waals surface area contributed by atoms with E-state index in [1.165, 1.54) is 28.6 Å². The van der Waals surface area contributed by atoms with Crippen molar-refractivity contribution < 1.29 is 9.13 Å². The predicted octanol–water partition coefficient (Wildman–Crippen LogP) is 3.58. The molecule has 0 radical (unpaired) electrons. The van der Waals surface area contributed by atoms with E-state index in [1.807, 2.05) is 18.2 Å². The van der Waals surface area contributed by atoms with Gasteiger partial charge in [0, 0.05) is 56.4 Å². The lowest BCUT2D eigenvalue weighted by atomic mass is 10.1. The van der Waals surface area contributed by atoms with E-state index in [0.29, 0.717) is 0 Å². The van der Waals surface area contributed by atoms with Crippen molar-refractivity contribution in [2.45, 2.75) is 13.1 Å². The second kappa shape index (κ2) is 7.71. The molecule has 3 aromatic rings. The minimum atomic E-state index is -0.198. The lowest BCUT2D eigenvalue weighted by Gasteiger charge is -2.32. The van der Waals surface area contributed by atoms with Crippen molar-refractivity contribution in [2.24, 2.45) is 0 Å². The second-order valence-corrected chi connectivity index (χ2v) is 7.37. The Kier molecular flexibility index (Phi) is 5.14. The number of hydrogen-bond donors (Lipinski definition) is 0. The van der Waals surface area contributed by atoms with Gasteiger partial charge in [-0.15, -0.1) is 0 Å². The molecule has 2 heterocycles. The highest BCUT2D eigenvalue weighted by Gasteiger charge is 2.17. The Morgan fingerprint density at radius 3 is 2.41 bits per heavy atom. The van der Waals surface area contributed by atoms with Gasteiger partial charge in [0.25, 0.3) is 0 Å². The molecule has 0 amide bonds. The monoisotopic (exact) mass is 367 g/mol. The number of hydrogen-bond acceptors (Lipinski definition) is 3. The van der Waals surface area contributed by atoms with Gasteiger partial charge >= 0.3 is 0 Å². The SMILES string of the molecule is COc1ccc2c(c1)c(CN1CCN(C)CC1)cn2Cc1ccc(F)cc1. The zero-order valence-corrected chi connectivity index (χ0v) is 16.0. The van der Waals surface area contributed by atoms with Crippen molar-refractivity contribution >= 4 is 10.9 Å². The fraction of sp³-hybridized carbons (Fsp3) is 0.364. The van der Waals surface area contributed by atoms with Gasteiger partial charge in [0.05, 0.1) is 7.11 Å². The summed E-state index contributed by atoms with van der Waals surface area (Å²) < 4.78 is 20.9. The van der Waals surface area contributed by atoms with Crippen LogP contribution in [-0.2, 0) is 13.1 Å². The molecule has 1 aliphatic heterocycles. The van der Waals surface area contributed by atoms with Gasteiger partial charge in [0.15, 0.2) is 0 Å². The standard InChI is InChI=1S/C22H26FN3O/c1-24-9-11-25(12-10-24)15-18-16-26(14-17-3-5-19(23)6-4-17)22-8-7-20(27-2)13-21(18)22/h3-8,13,16H,9-12,14-15H2,1-2H3. The van der Waals surface area contributed by atoms with Gasteiger partial charge in [-0.25, -0.2) is 4.39 Å². The molecule has 1 fully saturated rings. The molecule has 4 nitrogen and oxygen atoms in total. The van der Waals surface area contributed by atoms with E-state index >= 15 is 0 Å². The number of piperazine rings is 1. The average Bonchev–Trinajstić information content (AvgIpc) is 3.02. The Bertz CT molecular complexity index is 911. The van der Waals surface area contributed by atoms with Crippen LogP contribution in [0.5, 0.6) is 5.75 Å². The lowest BCUT2D eigenvalue weighted by Crippen LogP contribution is -2.43. The van der Waals surface area contributed by atoms with E-state index in [9.17, 15) is 4.39 Å². The first-order valence-electron chi connectivity index (χ1n) is 9.43. The first-order chi connectivity index (χ1) is 13.1. The molecule has 5 heteroatoms. The zero-order valence-electron chi connectivity index (χ0n) is 16.0. The Balaban J connectivity index is 1.66. The molecular formula is C22H26FN3O. The maximum absolute atomic E-state index is 13.2. The molecule has 1 aliphatic rings. The normalized spacial score (nSPS) is 16.1. The van der Waals surface area contributed by atoms with Crippen LogP contribution in [0.2, 0.25) is 0 Å². The summed E-state index contributed by atoms with van der Waals surface area (Å²) in [5, 5.41) is 1.23. The number of methoxy groups -OCH3 is 1. The van der Waals surface area contributed by atoms with Gasteiger partial charge < -0.3 is 14.2 Å². The van der Waals surface area contributed by atoms with Gasteiger partial charge in [-0.3, -0.25) is 4.90 Å². The van der Waals surface area contributed by atoms with E-state index in [2.05, 4.69) is 39.7 Å². The van der Waals surface area contributed by atoms with Crippen molar-refractivity contribution in [1.29, 1.82) is 0 Å². The summed E-state index contributed by atoms with van der Waals surface area (Å²) in [4.78, 5) is 4.88. The number of rotatable bonds is 5. The zero-order chi connectivity index (χ0) is 18.8. The van der Waals surface area contributed by atoms with Gasteiger partial charge in [0.2, 0.25) is 0 Å². The summed E-state index contributed by atoms with van der Waals surface area (Å²) >= 11 is 0. The fourth-order valence-corrected chi connectivity index (χ4v) is 3.77. The summed E-state index contributed by atoms with van der Waals surface area (Å²) in [5.41, 5.74) is 3.59. The van der Waals surface area contributed by atoms with E-state index in [4.69, 9.17) is 4.74 Å². The average molecular weight is 367 g/mol. The smallest absolute Gasteiger partial charge is 0.123 e. The summed E-state index contributed by atoms with van der Waals surface area (Å²) in [7, 11) is 3.88. The molecule has 0 aliphatic carbocycles. The Morgan fingerprint density at radius 1 is 0.963 bits per heavy atom. The van der Waals surface area contributed by atoms with Crippen molar-refractivity contribution in [3.05, 3.63) is 65.6 Å². The van der Waals surface area contributed by atoms with Gasteiger partial charge in [-0.05, 0) is 48.5 Å². The van der Waals surface area contributed by atoms with Crippen LogP contribution >= 0.6 is 0 Å². The topological polar surface area (TPSA) is 20.6 Å². The molecule has 0 saturated carbocycles. The molecule has 0 bridgehead atoms. The summed E-state index contributed by atoms with van der Waals surface area (Å²) in [6.45, 7) is 6.06. The molecule has 0 atom stereocenters. The van der Waals surface area contributed by atoms with Crippen molar-refractivity contribution in [3.8, 4) is 5.75 Å². The number of benzene rings is 2. The summed E-state index contributed by atoms with van der Waals surface area (Å²) in [6, 6.07) is 13.0. The highest BCUT2D eigenvalue weighted by molar-refractivity contribution is 5.85. The van der Waals surface area contributed by atoms with Crippen LogP contribution in [0.4, 0.5) is 4.39 Å². The van der Waals surface area contributed by atoms with Crippen molar-refractivity contribution in [2.75, 3.05) is 40.3 Å². The third-order valence-electron chi connectivity index (χ3n) is 5.43. The Hall–Kier alpha value is -2.37. The van der Waals surface area contributed by atoms with Crippen LogP contribution < -0.4 is 4.74 Å². The maximum Gasteiger partial charge on any atom is 0.123 e. The number of fused-ring (bicyclic) bond motifs is 1. The number of likely N-dealkylation sites (N-methyl/N-ethyl adjacent to an activating group) is 1. The van der Waals surface area contributed by atoms with Crippen LogP contribution in [0.25, 0.3) is 10.9 Å². The first kappa shape index (κ1) is 18.0. The third-order valence-corrected chi connectivity index (χ3v) is 5.43. The fourth-order valence-electron chi connectivity index (χ4n) is 3.77. The van der Waals surface area contributed by atoms with Crippen molar-refractivity contribution in [1.82, 2.24) is 14.4 Å². The molecule has 142 valence electrons. The lowest BCUT2D eigenvalue weighted by molar-refractivity contribution is 0.148. The number of halogens is 1. The number of aromatic nitrogens is 1. The Morgan fingerprint density at radius 2 is 1.70 bits per heavy atom. The van der Waals surface area contributed by atoms with Gasteiger partial charge in [-0.1, -0.05) is 12.1 Å². The van der Waals surface area contributed by atoms with Crippen LogP contribution in [-0.4, -0.2) is 54.7 Å². The number of ether oxygens (including phenoxy) is 1. The first-order valence-corrected chi connectivity index (χ1v) is 9.43. The van der Waals surface area contributed by atoms with Crippen molar-refractivity contribution in [3.63, 3.8) is 0 Å². The number of nitrogens with zero attached hydrogens (tertiary/aromatic N) is 3. The van der Waals surface area contributed by atoms with Gasteiger partial charge in [-0.2, -0.15) is 0 Å². The van der Waals surface area contributed by atoms with Crippen LogP contribution in [0.15, 0.2) is 48.7 Å². The highest BCUT2D eigenvalue weighted by Crippen LogP contribution is 2.28. The van der Waals surface area contributed by atoms with E-state index in [-0.39, 0.29) is 5.82 Å². The molecule has 4 rings (SSSR count). The predicted molar refractivity (Wildman–Crippen MR) is 107 cm³/mol. The quantitative estimate of drug-likeness (QED) is 0.688. The molecule has 0 N–H and O–H groups in total.